The number of carbonyl (C=O) groups excluding carboxylic acids is 1. The van der Waals surface area contributed by atoms with E-state index in [-0.39, 0.29) is 17.4 Å². The Labute approximate surface area is 94.9 Å². The van der Waals surface area contributed by atoms with Crippen molar-refractivity contribution in [1.82, 2.24) is 10.2 Å². The van der Waals surface area contributed by atoms with Crippen LogP contribution in [0.3, 0.4) is 0 Å². The van der Waals surface area contributed by atoms with E-state index in [0.29, 0.717) is 19.7 Å². The first-order valence-electron chi connectivity index (χ1n) is 5.44. The summed E-state index contributed by atoms with van der Waals surface area (Å²) in [6, 6.07) is 0. The Morgan fingerprint density at radius 3 is 2.87 bits per heavy atom. The summed E-state index contributed by atoms with van der Waals surface area (Å²) in [6.45, 7) is 3.98. The standard InChI is InChI=1S/C10H17ClN2O2/c11-7-9(14)13-5-6-15-10(8-13)1-3-12-4-2-10/h12H,1-8H2. The molecule has 0 aromatic rings. The molecule has 0 radical (unpaired) electrons. The van der Waals surface area contributed by atoms with Crippen LogP contribution in [0.25, 0.3) is 0 Å². The first-order valence-corrected chi connectivity index (χ1v) is 5.98. The van der Waals surface area contributed by atoms with Crippen molar-refractivity contribution in [3.8, 4) is 0 Å². The van der Waals surface area contributed by atoms with Crippen molar-refractivity contribution in [3.63, 3.8) is 0 Å². The van der Waals surface area contributed by atoms with Crippen LogP contribution >= 0.6 is 11.6 Å². The lowest BCUT2D eigenvalue weighted by atomic mass is 9.90. The van der Waals surface area contributed by atoms with Crippen molar-refractivity contribution in [3.05, 3.63) is 0 Å². The number of amides is 1. The maximum absolute atomic E-state index is 11.5. The highest BCUT2D eigenvalue weighted by atomic mass is 35.5. The van der Waals surface area contributed by atoms with E-state index in [2.05, 4.69) is 5.32 Å². The largest absolute Gasteiger partial charge is 0.371 e. The molecule has 1 amide bonds. The van der Waals surface area contributed by atoms with Gasteiger partial charge in [0.2, 0.25) is 5.91 Å². The molecule has 2 saturated heterocycles. The minimum atomic E-state index is -0.106. The molecule has 2 aliphatic rings. The van der Waals surface area contributed by atoms with Gasteiger partial charge >= 0.3 is 0 Å². The van der Waals surface area contributed by atoms with Crippen LogP contribution in [0.4, 0.5) is 0 Å². The summed E-state index contributed by atoms with van der Waals surface area (Å²) < 4.78 is 5.85. The Morgan fingerprint density at radius 1 is 1.47 bits per heavy atom. The van der Waals surface area contributed by atoms with Gasteiger partial charge < -0.3 is 15.0 Å². The molecular weight excluding hydrogens is 216 g/mol. The van der Waals surface area contributed by atoms with Crippen LogP contribution in [-0.2, 0) is 9.53 Å². The van der Waals surface area contributed by atoms with Gasteiger partial charge in [0.15, 0.2) is 0 Å². The maximum Gasteiger partial charge on any atom is 0.237 e. The molecular formula is C10H17ClN2O2. The molecule has 1 N–H and O–H groups in total. The first-order chi connectivity index (χ1) is 7.26. The monoisotopic (exact) mass is 232 g/mol. The van der Waals surface area contributed by atoms with Crippen molar-refractivity contribution in [2.45, 2.75) is 18.4 Å². The second kappa shape index (κ2) is 4.68. The van der Waals surface area contributed by atoms with Crippen LogP contribution < -0.4 is 5.32 Å². The van der Waals surface area contributed by atoms with Crippen LogP contribution in [0.1, 0.15) is 12.8 Å². The lowest BCUT2D eigenvalue weighted by molar-refractivity contribution is -0.152. The summed E-state index contributed by atoms with van der Waals surface area (Å²) in [6.07, 6.45) is 1.97. The van der Waals surface area contributed by atoms with E-state index in [4.69, 9.17) is 16.3 Å². The van der Waals surface area contributed by atoms with Crippen molar-refractivity contribution in [1.29, 1.82) is 0 Å². The average molecular weight is 233 g/mol. The van der Waals surface area contributed by atoms with E-state index in [1.807, 2.05) is 4.90 Å². The Balaban J connectivity index is 1.99. The zero-order valence-corrected chi connectivity index (χ0v) is 9.55. The van der Waals surface area contributed by atoms with Gasteiger partial charge in [-0.15, -0.1) is 11.6 Å². The van der Waals surface area contributed by atoms with Gasteiger partial charge in [-0.3, -0.25) is 4.79 Å². The second-order valence-corrected chi connectivity index (χ2v) is 4.50. The van der Waals surface area contributed by atoms with Crippen LogP contribution in [0, 0.1) is 0 Å². The summed E-state index contributed by atoms with van der Waals surface area (Å²) in [5.74, 6) is 0.104. The Bertz CT molecular complexity index is 236. The molecule has 0 aromatic carbocycles. The van der Waals surface area contributed by atoms with Crippen LogP contribution in [-0.4, -0.2) is 55.1 Å². The molecule has 5 heteroatoms. The van der Waals surface area contributed by atoms with Crippen molar-refractivity contribution >= 4 is 17.5 Å². The third-order valence-electron chi connectivity index (χ3n) is 3.23. The van der Waals surface area contributed by atoms with Gasteiger partial charge in [0, 0.05) is 13.1 Å². The number of hydrogen-bond acceptors (Lipinski definition) is 3. The fourth-order valence-corrected chi connectivity index (χ4v) is 2.50. The molecule has 2 rings (SSSR count). The second-order valence-electron chi connectivity index (χ2n) is 4.23. The molecule has 2 heterocycles. The maximum atomic E-state index is 11.5. The quantitative estimate of drug-likeness (QED) is 0.657. The van der Waals surface area contributed by atoms with Crippen molar-refractivity contribution < 1.29 is 9.53 Å². The number of morpholine rings is 1. The summed E-state index contributed by atoms with van der Waals surface area (Å²) in [5.41, 5.74) is -0.106. The highest BCUT2D eigenvalue weighted by Crippen LogP contribution is 2.27. The summed E-state index contributed by atoms with van der Waals surface area (Å²) in [7, 11) is 0. The molecule has 2 fully saturated rings. The average Bonchev–Trinajstić information content (AvgIpc) is 2.29. The fraction of sp³-hybridized carbons (Fsp3) is 0.900. The highest BCUT2D eigenvalue weighted by Gasteiger charge is 2.38. The zero-order chi connectivity index (χ0) is 10.7. The lowest BCUT2D eigenvalue weighted by Crippen LogP contribution is -2.57. The van der Waals surface area contributed by atoms with Crippen LogP contribution in [0.2, 0.25) is 0 Å². The topological polar surface area (TPSA) is 41.6 Å². The highest BCUT2D eigenvalue weighted by molar-refractivity contribution is 6.27. The van der Waals surface area contributed by atoms with E-state index >= 15 is 0 Å². The van der Waals surface area contributed by atoms with Crippen LogP contribution in [0.5, 0.6) is 0 Å². The van der Waals surface area contributed by atoms with Crippen molar-refractivity contribution in [2.24, 2.45) is 0 Å². The van der Waals surface area contributed by atoms with Gasteiger partial charge in [-0.25, -0.2) is 0 Å². The molecule has 86 valence electrons. The molecule has 0 aliphatic carbocycles. The van der Waals surface area contributed by atoms with E-state index in [1.54, 1.807) is 0 Å². The minimum absolute atomic E-state index is 0.0258. The number of rotatable bonds is 1. The predicted molar refractivity (Wildman–Crippen MR) is 58.1 cm³/mol. The fourth-order valence-electron chi connectivity index (χ4n) is 2.33. The third kappa shape index (κ3) is 2.44. The first kappa shape index (κ1) is 11.2. The van der Waals surface area contributed by atoms with E-state index in [0.717, 1.165) is 25.9 Å². The smallest absolute Gasteiger partial charge is 0.237 e. The number of nitrogens with one attached hydrogen (secondary N) is 1. The summed E-state index contributed by atoms with van der Waals surface area (Å²) in [5, 5.41) is 3.30. The van der Waals surface area contributed by atoms with Crippen LogP contribution in [0.15, 0.2) is 0 Å². The third-order valence-corrected chi connectivity index (χ3v) is 3.46. The number of ether oxygens (including phenoxy) is 1. The zero-order valence-electron chi connectivity index (χ0n) is 8.80. The van der Waals surface area contributed by atoms with Gasteiger partial charge in [-0.1, -0.05) is 0 Å². The SMILES string of the molecule is O=C(CCl)N1CCOC2(CCNCC2)C1. The Kier molecular flexibility index (Phi) is 3.49. The summed E-state index contributed by atoms with van der Waals surface area (Å²) >= 11 is 5.57. The summed E-state index contributed by atoms with van der Waals surface area (Å²) in [4.78, 5) is 13.4. The van der Waals surface area contributed by atoms with E-state index in [1.165, 1.54) is 0 Å². The van der Waals surface area contributed by atoms with E-state index in [9.17, 15) is 4.79 Å². The molecule has 4 nitrogen and oxygen atoms in total. The number of alkyl halides is 1. The van der Waals surface area contributed by atoms with E-state index < -0.39 is 0 Å². The number of carbonyl (C=O) groups is 1. The molecule has 0 atom stereocenters. The lowest BCUT2D eigenvalue weighted by Gasteiger charge is -2.45. The molecule has 2 aliphatic heterocycles. The number of halogens is 1. The minimum Gasteiger partial charge on any atom is -0.371 e. The van der Waals surface area contributed by atoms with Gasteiger partial charge in [0.25, 0.3) is 0 Å². The molecule has 15 heavy (non-hydrogen) atoms. The van der Waals surface area contributed by atoms with Gasteiger partial charge in [0.1, 0.15) is 5.88 Å². The van der Waals surface area contributed by atoms with Gasteiger partial charge in [-0.2, -0.15) is 0 Å². The molecule has 0 aromatic heterocycles. The van der Waals surface area contributed by atoms with Crippen molar-refractivity contribution in [2.75, 3.05) is 38.7 Å². The Hall–Kier alpha value is -0.320. The number of nitrogens with zero attached hydrogens (tertiary/aromatic N) is 1. The van der Waals surface area contributed by atoms with Gasteiger partial charge in [-0.05, 0) is 25.9 Å². The number of hydrogen-bond donors (Lipinski definition) is 1. The molecule has 0 unspecified atom stereocenters. The molecule has 1 spiro atoms. The normalized spacial score (nSPS) is 25.5. The number of piperidine rings is 1. The predicted octanol–water partition coefficient (Wildman–Crippen LogP) is 0.206. The molecule has 0 saturated carbocycles. The Morgan fingerprint density at radius 2 is 2.20 bits per heavy atom. The van der Waals surface area contributed by atoms with Gasteiger partial charge in [0.05, 0.1) is 12.2 Å². The molecule has 0 bridgehead atoms.